The minimum atomic E-state index is -0.351. The minimum Gasteiger partial charge on any atom is -0.310 e. The third-order valence-corrected chi connectivity index (χ3v) is 5.80. The molecule has 1 N–H and O–H groups in total. The smallest absolute Gasteiger partial charge is 0.263 e. The molecule has 4 heterocycles. The normalized spacial score (nSPS) is 19.4. The number of fused-ring (bicyclic) bond motifs is 1. The molecule has 10 heteroatoms. The number of hydrogen-bond donors (Lipinski definition) is 1. The molecule has 1 aliphatic carbocycles. The molecule has 30 heavy (non-hydrogen) atoms. The summed E-state index contributed by atoms with van der Waals surface area (Å²) in [7, 11) is 1.83. The van der Waals surface area contributed by atoms with E-state index in [2.05, 4.69) is 25.1 Å². The van der Waals surface area contributed by atoms with Gasteiger partial charge in [-0.3, -0.25) is 9.48 Å². The Kier molecular flexibility index (Phi) is 4.17. The largest absolute Gasteiger partial charge is 0.310 e. The molecule has 0 amide bonds. The molecule has 5 rings (SSSR count). The minimum absolute atomic E-state index is 0.0204. The van der Waals surface area contributed by atoms with Crippen LogP contribution in [-0.2, 0) is 7.05 Å². The SMILES string of the molecule is C[C@@H](c1cnn(C)c1)n1nc(C#N)c2c(=O)[nH]c([C@H]3CC[C@@H]3c3ncccn3)nc21. The number of nitriles is 1. The fourth-order valence-corrected chi connectivity index (χ4v) is 4.02. The highest BCUT2D eigenvalue weighted by Gasteiger charge is 2.37. The van der Waals surface area contributed by atoms with Gasteiger partial charge in [-0.2, -0.15) is 15.5 Å². The van der Waals surface area contributed by atoms with Crippen LogP contribution in [0.1, 0.15) is 60.5 Å². The molecule has 0 unspecified atom stereocenters. The van der Waals surface area contributed by atoms with E-state index >= 15 is 0 Å². The van der Waals surface area contributed by atoms with Gasteiger partial charge in [0.1, 0.15) is 23.1 Å². The molecule has 1 aliphatic rings. The van der Waals surface area contributed by atoms with Crippen LogP contribution in [0.3, 0.4) is 0 Å². The van der Waals surface area contributed by atoms with Gasteiger partial charge in [0, 0.05) is 43.0 Å². The Balaban J connectivity index is 1.62. The Morgan fingerprint density at radius 1 is 1.27 bits per heavy atom. The van der Waals surface area contributed by atoms with Crippen molar-refractivity contribution in [3.63, 3.8) is 0 Å². The summed E-state index contributed by atoms with van der Waals surface area (Å²) in [6, 6.07) is 3.57. The first-order valence-electron chi connectivity index (χ1n) is 9.74. The second-order valence-electron chi connectivity index (χ2n) is 7.58. The van der Waals surface area contributed by atoms with Gasteiger partial charge in [0.2, 0.25) is 0 Å². The first-order valence-corrected chi connectivity index (χ1v) is 9.74. The maximum atomic E-state index is 12.9. The van der Waals surface area contributed by atoms with Crippen molar-refractivity contribution in [2.75, 3.05) is 0 Å². The predicted molar refractivity (Wildman–Crippen MR) is 107 cm³/mol. The van der Waals surface area contributed by atoms with Gasteiger partial charge in [-0.1, -0.05) is 0 Å². The lowest BCUT2D eigenvalue weighted by Gasteiger charge is -2.34. The van der Waals surface area contributed by atoms with E-state index < -0.39 is 0 Å². The van der Waals surface area contributed by atoms with Crippen LogP contribution in [-0.4, -0.2) is 39.5 Å². The Hall–Kier alpha value is -3.87. The zero-order valence-electron chi connectivity index (χ0n) is 16.5. The third kappa shape index (κ3) is 2.78. The van der Waals surface area contributed by atoms with Gasteiger partial charge < -0.3 is 4.98 Å². The first kappa shape index (κ1) is 18.2. The van der Waals surface area contributed by atoms with E-state index in [0.29, 0.717) is 11.5 Å². The van der Waals surface area contributed by atoms with E-state index in [-0.39, 0.29) is 34.5 Å². The predicted octanol–water partition coefficient (Wildman–Crippen LogP) is 1.79. The molecule has 3 atom stereocenters. The molecule has 0 radical (unpaired) electrons. The summed E-state index contributed by atoms with van der Waals surface area (Å²) in [5.74, 6) is 1.47. The van der Waals surface area contributed by atoms with Gasteiger partial charge in [-0.25, -0.2) is 19.6 Å². The van der Waals surface area contributed by atoms with Crippen LogP contribution in [0.25, 0.3) is 11.0 Å². The molecule has 10 nitrogen and oxygen atoms in total. The van der Waals surface area contributed by atoms with Gasteiger partial charge in [-0.15, -0.1) is 0 Å². The number of hydrogen-bond acceptors (Lipinski definition) is 7. The molecule has 0 spiro atoms. The molecule has 4 aromatic rings. The Morgan fingerprint density at radius 2 is 2.03 bits per heavy atom. The zero-order valence-corrected chi connectivity index (χ0v) is 16.5. The van der Waals surface area contributed by atoms with E-state index in [9.17, 15) is 10.1 Å². The summed E-state index contributed by atoms with van der Waals surface area (Å²) in [5.41, 5.74) is 1.03. The monoisotopic (exact) mass is 401 g/mol. The van der Waals surface area contributed by atoms with Crippen molar-refractivity contribution in [2.45, 2.75) is 37.6 Å². The molecular weight excluding hydrogens is 382 g/mol. The standard InChI is InChI=1S/C20H19N9O/c1-11(12-9-24-28(2)10-12)29-19-16(15(8-21)27-29)20(30)26-18(25-19)14-5-4-13(14)17-22-6-3-7-23-17/h3,6-7,9-11,13-14H,4-5H2,1-2H3,(H,25,26,30)/t11-,13-,14-/m0/s1. The van der Waals surface area contributed by atoms with Crippen molar-refractivity contribution >= 4 is 11.0 Å². The van der Waals surface area contributed by atoms with E-state index in [4.69, 9.17) is 4.98 Å². The van der Waals surface area contributed by atoms with Crippen molar-refractivity contribution in [2.24, 2.45) is 7.05 Å². The quantitative estimate of drug-likeness (QED) is 0.551. The van der Waals surface area contributed by atoms with Crippen molar-refractivity contribution in [1.29, 1.82) is 5.26 Å². The molecule has 1 fully saturated rings. The summed E-state index contributed by atoms with van der Waals surface area (Å²) in [6.45, 7) is 1.94. The summed E-state index contributed by atoms with van der Waals surface area (Å²) < 4.78 is 3.34. The molecule has 0 saturated heterocycles. The molecule has 0 bridgehead atoms. The molecule has 0 aliphatic heterocycles. The van der Waals surface area contributed by atoms with Gasteiger partial charge in [0.25, 0.3) is 5.56 Å². The van der Waals surface area contributed by atoms with Crippen molar-refractivity contribution in [3.05, 3.63) is 64.1 Å². The van der Waals surface area contributed by atoms with Crippen molar-refractivity contribution < 1.29 is 0 Å². The van der Waals surface area contributed by atoms with E-state index in [1.807, 2.05) is 26.2 Å². The summed E-state index contributed by atoms with van der Waals surface area (Å²) in [4.78, 5) is 29.3. The lowest BCUT2D eigenvalue weighted by atomic mass is 9.72. The topological polar surface area (TPSA) is 131 Å². The third-order valence-electron chi connectivity index (χ3n) is 5.80. The van der Waals surface area contributed by atoms with Crippen LogP contribution in [0.5, 0.6) is 0 Å². The molecular formula is C20H19N9O. The molecule has 150 valence electrons. The second kappa shape index (κ2) is 6.88. The summed E-state index contributed by atoms with van der Waals surface area (Å²) in [5, 5.41) is 18.3. The van der Waals surface area contributed by atoms with Crippen LogP contribution >= 0.6 is 0 Å². The molecule has 4 aromatic heterocycles. The van der Waals surface area contributed by atoms with Crippen molar-refractivity contribution in [3.8, 4) is 6.07 Å². The first-order chi connectivity index (χ1) is 14.6. The van der Waals surface area contributed by atoms with Crippen molar-refractivity contribution in [1.82, 2.24) is 39.5 Å². The van der Waals surface area contributed by atoms with Gasteiger partial charge in [0.15, 0.2) is 11.3 Å². The highest BCUT2D eigenvalue weighted by molar-refractivity contribution is 5.80. The zero-order chi connectivity index (χ0) is 20.8. The number of aromatic nitrogens is 8. The number of H-pyrrole nitrogens is 1. The summed E-state index contributed by atoms with van der Waals surface area (Å²) >= 11 is 0. The Morgan fingerprint density at radius 3 is 2.67 bits per heavy atom. The number of nitrogens with one attached hydrogen (secondary N) is 1. The number of nitrogens with zero attached hydrogens (tertiary/aromatic N) is 8. The maximum absolute atomic E-state index is 12.9. The average molecular weight is 401 g/mol. The number of aryl methyl sites for hydroxylation is 1. The Labute approximate surface area is 171 Å². The molecule has 1 saturated carbocycles. The van der Waals surface area contributed by atoms with Gasteiger partial charge >= 0.3 is 0 Å². The van der Waals surface area contributed by atoms with E-state index in [1.54, 1.807) is 34.0 Å². The van der Waals surface area contributed by atoms with Crippen LogP contribution in [0.2, 0.25) is 0 Å². The fourth-order valence-electron chi connectivity index (χ4n) is 4.02. The van der Waals surface area contributed by atoms with Gasteiger partial charge in [-0.05, 0) is 25.8 Å². The van der Waals surface area contributed by atoms with E-state index in [0.717, 1.165) is 24.2 Å². The lowest BCUT2D eigenvalue weighted by Crippen LogP contribution is -2.28. The highest BCUT2D eigenvalue weighted by atomic mass is 16.1. The summed E-state index contributed by atoms with van der Waals surface area (Å²) in [6.07, 6.45) is 8.89. The number of aromatic amines is 1. The lowest BCUT2D eigenvalue weighted by molar-refractivity contribution is 0.319. The highest BCUT2D eigenvalue weighted by Crippen LogP contribution is 2.46. The van der Waals surface area contributed by atoms with Crippen LogP contribution in [0.15, 0.2) is 35.6 Å². The van der Waals surface area contributed by atoms with Crippen LogP contribution in [0, 0.1) is 11.3 Å². The fraction of sp³-hybridized carbons (Fsp3) is 0.350. The number of rotatable bonds is 4. The van der Waals surface area contributed by atoms with E-state index in [1.165, 1.54) is 0 Å². The van der Waals surface area contributed by atoms with Gasteiger partial charge in [0.05, 0.1) is 12.2 Å². The maximum Gasteiger partial charge on any atom is 0.263 e. The average Bonchev–Trinajstić information content (AvgIpc) is 3.31. The molecule has 0 aromatic carbocycles. The Bertz CT molecular complexity index is 1330. The van der Waals surface area contributed by atoms with Crippen LogP contribution in [0.4, 0.5) is 0 Å². The van der Waals surface area contributed by atoms with Crippen LogP contribution < -0.4 is 5.56 Å². The second-order valence-corrected chi connectivity index (χ2v) is 7.58.